The lowest BCUT2D eigenvalue weighted by Gasteiger charge is -2.28. The first kappa shape index (κ1) is 23.9. The minimum Gasteiger partial charge on any atom is -0.378 e. The molecule has 8 nitrogen and oxygen atoms in total. The lowest BCUT2D eigenvalue weighted by molar-refractivity contribution is -0.139. The molecule has 35 heavy (non-hydrogen) atoms. The molecule has 0 N–H and O–H groups in total. The second-order valence-electron chi connectivity index (χ2n) is 8.93. The van der Waals surface area contributed by atoms with Crippen LogP contribution >= 0.6 is 23.1 Å². The summed E-state index contributed by atoms with van der Waals surface area (Å²) in [6.45, 7) is 5.55. The van der Waals surface area contributed by atoms with E-state index in [9.17, 15) is 19.6 Å². The van der Waals surface area contributed by atoms with Gasteiger partial charge in [0.25, 0.3) is 11.1 Å². The van der Waals surface area contributed by atoms with Crippen LogP contribution in [0.25, 0.3) is 11.1 Å². The van der Waals surface area contributed by atoms with Crippen LogP contribution < -0.4 is 0 Å². The summed E-state index contributed by atoms with van der Waals surface area (Å²) in [5.74, 6) is -0.698. The van der Waals surface area contributed by atoms with Crippen LogP contribution in [0.3, 0.4) is 0 Å². The monoisotopic (exact) mass is 510 g/mol. The van der Waals surface area contributed by atoms with Crippen molar-refractivity contribution >= 4 is 46.2 Å². The molecule has 4 heterocycles. The number of aromatic nitrogens is 1. The zero-order valence-corrected chi connectivity index (χ0v) is 21.4. The minimum atomic E-state index is -0.448. The van der Waals surface area contributed by atoms with Gasteiger partial charge in [-0.3, -0.25) is 19.3 Å². The zero-order valence-electron chi connectivity index (χ0n) is 19.8. The number of thioether (sulfide) groups is 1. The van der Waals surface area contributed by atoms with E-state index in [-0.39, 0.29) is 12.5 Å². The highest BCUT2D eigenvalue weighted by Crippen LogP contribution is 2.39. The molecule has 2 saturated heterocycles. The first-order chi connectivity index (χ1) is 16.9. The van der Waals surface area contributed by atoms with Crippen molar-refractivity contribution < 1.29 is 19.1 Å². The Labute approximate surface area is 212 Å². The van der Waals surface area contributed by atoms with Gasteiger partial charge in [0.05, 0.1) is 23.7 Å². The maximum absolute atomic E-state index is 13.0. The number of fused-ring (bicyclic) bond motifs is 1. The van der Waals surface area contributed by atoms with E-state index >= 15 is 0 Å². The lowest BCUT2D eigenvalue weighted by atomic mass is 9.96. The molecule has 0 saturated carbocycles. The summed E-state index contributed by atoms with van der Waals surface area (Å²) in [4.78, 5) is 42.4. The quantitative estimate of drug-likeness (QED) is 0.581. The highest BCUT2D eigenvalue weighted by atomic mass is 32.2. The Balaban J connectivity index is 1.41. The van der Waals surface area contributed by atoms with Gasteiger partial charge in [-0.1, -0.05) is 0 Å². The number of thiophene rings is 1. The van der Waals surface area contributed by atoms with Gasteiger partial charge in [0.2, 0.25) is 5.91 Å². The van der Waals surface area contributed by atoms with Crippen molar-refractivity contribution in [1.82, 2.24) is 14.4 Å². The van der Waals surface area contributed by atoms with Crippen LogP contribution in [0.5, 0.6) is 0 Å². The van der Waals surface area contributed by atoms with E-state index in [0.717, 1.165) is 69.9 Å². The zero-order chi connectivity index (χ0) is 24.7. The molecule has 5 rings (SSSR count). The average Bonchev–Trinajstić information content (AvgIpc) is 3.45. The van der Waals surface area contributed by atoms with Crippen molar-refractivity contribution in [3.63, 3.8) is 0 Å². The molecule has 1 aliphatic carbocycles. The number of imide groups is 1. The molecule has 3 aliphatic rings. The maximum atomic E-state index is 13.0. The van der Waals surface area contributed by atoms with Gasteiger partial charge in [0.15, 0.2) is 0 Å². The third-order valence-electron chi connectivity index (χ3n) is 6.76. The van der Waals surface area contributed by atoms with E-state index < -0.39 is 11.1 Å². The summed E-state index contributed by atoms with van der Waals surface area (Å²) in [6, 6.07) is 4.40. The number of aryl methyl sites for hydroxylation is 2. The normalized spacial score (nSPS) is 19.4. The van der Waals surface area contributed by atoms with Crippen molar-refractivity contribution in [2.45, 2.75) is 39.5 Å². The van der Waals surface area contributed by atoms with E-state index in [1.807, 2.05) is 19.9 Å². The Morgan fingerprint density at radius 1 is 1.20 bits per heavy atom. The van der Waals surface area contributed by atoms with Crippen LogP contribution in [-0.2, 0) is 27.2 Å². The smallest absolute Gasteiger partial charge is 0.294 e. The van der Waals surface area contributed by atoms with Crippen molar-refractivity contribution in [3.05, 3.63) is 43.9 Å². The fourth-order valence-corrected chi connectivity index (χ4v) is 7.18. The SMILES string of the molecule is Cc1cc(/C=C2/SC(=O)N(CC(=O)N3CCOCC3)C2=O)c(C)n1-c1sc2c(c1C#N)CCCC2. The Kier molecular flexibility index (Phi) is 6.57. The summed E-state index contributed by atoms with van der Waals surface area (Å²) in [6.07, 6.45) is 5.93. The Morgan fingerprint density at radius 2 is 1.94 bits per heavy atom. The molecule has 10 heteroatoms. The molecule has 182 valence electrons. The van der Waals surface area contributed by atoms with E-state index in [0.29, 0.717) is 31.2 Å². The summed E-state index contributed by atoms with van der Waals surface area (Å²) in [5.41, 5.74) is 4.63. The number of rotatable bonds is 4. The number of carbonyl (C=O) groups excluding carboxylic acids is 3. The van der Waals surface area contributed by atoms with E-state index in [1.54, 1.807) is 22.3 Å². The first-order valence-electron chi connectivity index (χ1n) is 11.7. The number of morpholine rings is 1. The Bertz CT molecular complexity index is 1290. The largest absolute Gasteiger partial charge is 0.378 e. The Morgan fingerprint density at radius 3 is 2.69 bits per heavy atom. The van der Waals surface area contributed by atoms with Gasteiger partial charge < -0.3 is 14.2 Å². The summed E-state index contributed by atoms with van der Waals surface area (Å²) in [5, 5.41) is 10.4. The van der Waals surface area contributed by atoms with Gasteiger partial charge in [-0.2, -0.15) is 5.26 Å². The van der Waals surface area contributed by atoms with E-state index in [2.05, 4.69) is 10.6 Å². The fourth-order valence-electron chi connectivity index (χ4n) is 4.90. The lowest BCUT2D eigenvalue weighted by Crippen LogP contribution is -2.46. The second kappa shape index (κ2) is 9.64. The van der Waals surface area contributed by atoms with Crippen molar-refractivity contribution in [1.29, 1.82) is 5.26 Å². The highest BCUT2D eigenvalue weighted by molar-refractivity contribution is 8.18. The van der Waals surface area contributed by atoms with Crippen molar-refractivity contribution in [3.8, 4) is 11.1 Å². The van der Waals surface area contributed by atoms with Gasteiger partial charge in [-0.25, -0.2) is 0 Å². The number of hydrogen-bond acceptors (Lipinski definition) is 7. The highest BCUT2D eigenvalue weighted by Gasteiger charge is 2.37. The van der Waals surface area contributed by atoms with Crippen molar-refractivity contribution in [2.75, 3.05) is 32.8 Å². The van der Waals surface area contributed by atoms with Crippen LogP contribution in [0.4, 0.5) is 4.79 Å². The number of ether oxygens (including phenoxy) is 1. The fraction of sp³-hybridized carbons (Fsp3) is 0.440. The van der Waals surface area contributed by atoms with Crippen LogP contribution in [0.2, 0.25) is 0 Å². The average molecular weight is 511 g/mol. The number of carbonyl (C=O) groups is 3. The molecule has 0 bridgehead atoms. The van der Waals surface area contributed by atoms with Gasteiger partial charge in [-0.05, 0) is 74.6 Å². The molecule has 3 amide bonds. The molecule has 2 aromatic rings. The molecule has 2 aliphatic heterocycles. The second-order valence-corrected chi connectivity index (χ2v) is 11.0. The van der Waals surface area contributed by atoms with E-state index in [1.165, 1.54) is 10.4 Å². The van der Waals surface area contributed by atoms with Gasteiger partial charge in [0, 0.05) is 29.4 Å². The molecule has 0 aromatic carbocycles. The predicted octanol–water partition coefficient (Wildman–Crippen LogP) is 3.80. The first-order valence-corrected chi connectivity index (χ1v) is 13.4. The molecular formula is C25H26N4O4S2. The Hall–Kier alpha value is -2.87. The van der Waals surface area contributed by atoms with Gasteiger partial charge in [0.1, 0.15) is 17.6 Å². The third-order valence-corrected chi connectivity index (χ3v) is 8.94. The molecule has 2 aromatic heterocycles. The summed E-state index contributed by atoms with van der Waals surface area (Å²) in [7, 11) is 0. The van der Waals surface area contributed by atoms with Crippen molar-refractivity contribution in [2.24, 2.45) is 0 Å². The topological polar surface area (TPSA) is 95.6 Å². The molecule has 2 fully saturated rings. The minimum absolute atomic E-state index is 0.249. The number of hydrogen-bond donors (Lipinski definition) is 0. The number of nitrogens with zero attached hydrogens (tertiary/aromatic N) is 4. The van der Waals surface area contributed by atoms with Crippen LogP contribution in [-0.4, -0.2) is 64.3 Å². The predicted molar refractivity (Wildman–Crippen MR) is 135 cm³/mol. The molecule has 0 radical (unpaired) electrons. The third kappa shape index (κ3) is 4.33. The van der Waals surface area contributed by atoms with E-state index in [4.69, 9.17) is 4.74 Å². The molecular weight excluding hydrogens is 484 g/mol. The standard InChI is InChI=1S/C25H26N4O4S2/c1-15-11-17(16(2)29(15)24-19(13-26)18-5-3-4-6-20(18)34-24)12-21-23(31)28(25(32)35-21)14-22(30)27-7-9-33-10-8-27/h11-12H,3-10,14H2,1-2H3/b21-12+. The summed E-state index contributed by atoms with van der Waals surface area (Å²) >= 11 is 2.54. The van der Waals surface area contributed by atoms with Crippen LogP contribution in [0.1, 0.15) is 45.8 Å². The van der Waals surface area contributed by atoms with Crippen LogP contribution in [0, 0.1) is 25.2 Å². The number of amides is 3. The summed E-state index contributed by atoms with van der Waals surface area (Å²) < 4.78 is 7.35. The maximum Gasteiger partial charge on any atom is 0.294 e. The van der Waals surface area contributed by atoms with Gasteiger partial charge in [-0.15, -0.1) is 11.3 Å². The number of nitriles is 1. The molecule has 0 atom stereocenters. The van der Waals surface area contributed by atoms with Gasteiger partial charge >= 0.3 is 0 Å². The van der Waals surface area contributed by atoms with Crippen LogP contribution in [0.15, 0.2) is 11.0 Å². The molecule has 0 spiro atoms. The molecule has 0 unspecified atom stereocenters.